The molecule has 128 valence electrons. The third-order valence-electron chi connectivity index (χ3n) is 4.01. The smallest absolute Gasteiger partial charge is 0.260 e. The zero-order valence-corrected chi connectivity index (χ0v) is 14.8. The molecule has 2 aromatic carbocycles. The summed E-state index contributed by atoms with van der Waals surface area (Å²) in [7, 11) is 0. The average molecular weight is 325 g/mol. The molecule has 24 heavy (non-hydrogen) atoms. The van der Waals surface area contributed by atoms with Crippen molar-refractivity contribution in [1.29, 1.82) is 0 Å². The number of hydrogen-bond donors (Lipinski definition) is 1. The fourth-order valence-electron chi connectivity index (χ4n) is 2.47. The van der Waals surface area contributed by atoms with Crippen LogP contribution < -0.4 is 10.1 Å². The van der Waals surface area contributed by atoms with Crippen LogP contribution in [-0.2, 0) is 11.2 Å². The van der Waals surface area contributed by atoms with Gasteiger partial charge in [-0.05, 0) is 48.9 Å². The lowest BCUT2D eigenvalue weighted by Gasteiger charge is -2.14. The van der Waals surface area contributed by atoms with E-state index in [1.165, 1.54) is 11.1 Å². The van der Waals surface area contributed by atoms with E-state index in [1.807, 2.05) is 30.3 Å². The Morgan fingerprint density at radius 2 is 1.67 bits per heavy atom. The molecule has 0 saturated carbocycles. The van der Waals surface area contributed by atoms with Gasteiger partial charge in [0.05, 0.1) is 0 Å². The lowest BCUT2D eigenvalue weighted by atomic mass is 10.0. The van der Waals surface area contributed by atoms with Crippen molar-refractivity contribution in [3.63, 3.8) is 0 Å². The second kappa shape index (κ2) is 9.11. The Kier molecular flexibility index (Phi) is 6.86. The first-order valence-corrected chi connectivity index (χ1v) is 8.64. The first kappa shape index (κ1) is 18.1. The largest absolute Gasteiger partial charge is 0.481 e. The predicted molar refractivity (Wildman–Crippen MR) is 98.4 cm³/mol. The number of ether oxygens (including phenoxy) is 1. The summed E-state index contributed by atoms with van der Waals surface area (Å²) in [5, 5.41) is 2.94. The van der Waals surface area contributed by atoms with E-state index in [4.69, 9.17) is 4.74 Å². The molecule has 0 aliphatic carbocycles. The summed E-state index contributed by atoms with van der Waals surface area (Å²) in [6, 6.07) is 18.1. The quantitative estimate of drug-likeness (QED) is 0.734. The highest BCUT2D eigenvalue weighted by Crippen LogP contribution is 2.15. The predicted octanol–water partition coefficient (Wildman–Crippen LogP) is 4.33. The van der Waals surface area contributed by atoms with Crippen molar-refractivity contribution in [3.8, 4) is 5.75 Å². The minimum absolute atomic E-state index is 0.0750. The maximum absolute atomic E-state index is 12.0. The van der Waals surface area contributed by atoms with Gasteiger partial charge in [-0.3, -0.25) is 4.79 Å². The lowest BCUT2D eigenvalue weighted by Crippen LogP contribution is -2.36. The molecule has 3 nitrogen and oxygen atoms in total. The maximum Gasteiger partial charge on any atom is 0.260 e. The number of carbonyl (C=O) groups is 1. The van der Waals surface area contributed by atoms with Gasteiger partial charge in [-0.1, -0.05) is 56.3 Å². The monoisotopic (exact) mass is 325 g/mol. The van der Waals surface area contributed by atoms with Gasteiger partial charge < -0.3 is 10.1 Å². The Bertz CT molecular complexity index is 620. The number of amides is 1. The van der Waals surface area contributed by atoms with Crippen LogP contribution in [0.4, 0.5) is 0 Å². The van der Waals surface area contributed by atoms with Crippen molar-refractivity contribution >= 4 is 5.91 Å². The van der Waals surface area contributed by atoms with E-state index in [-0.39, 0.29) is 5.91 Å². The first-order valence-electron chi connectivity index (χ1n) is 8.64. The van der Waals surface area contributed by atoms with Gasteiger partial charge in [0.2, 0.25) is 0 Å². The van der Waals surface area contributed by atoms with Crippen molar-refractivity contribution in [2.24, 2.45) is 0 Å². The molecule has 0 spiro atoms. The van der Waals surface area contributed by atoms with E-state index in [9.17, 15) is 4.79 Å². The van der Waals surface area contributed by atoms with E-state index < -0.39 is 6.10 Å². The second-order valence-corrected chi connectivity index (χ2v) is 6.36. The Balaban J connectivity index is 1.68. The van der Waals surface area contributed by atoms with E-state index in [1.54, 1.807) is 6.92 Å². The van der Waals surface area contributed by atoms with Crippen LogP contribution in [0.2, 0.25) is 0 Å². The molecule has 1 atom stereocenters. The van der Waals surface area contributed by atoms with Gasteiger partial charge >= 0.3 is 0 Å². The maximum atomic E-state index is 12.0. The molecule has 2 aromatic rings. The number of carbonyl (C=O) groups excluding carboxylic acids is 1. The molecule has 0 saturated heterocycles. The third-order valence-corrected chi connectivity index (χ3v) is 4.01. The molecular weight excluding hydrogens is 298 g/mol. The summed E-state index contributed by atoms with van der Waals surface area (Å²) in [5.41, 5.74) is 2.67. The van der Waals surface area contributed by atoms with Crippen LogP contribution in [0.5, 0.6) is 5.75 Å². The fraction of sp³-hybridized carbons (Fsp3) is 0.381. The van der Waals surface area contributed by atoms with Gasteiger partial charge in [-0.15, -0.1) is 0 Å². The molecule has 0 aliphatic heterocycles. The van der Waals surface area contributed by atoms with Crippen LogP contribution in [0, 0.1) is 0 Å². The second-order valence-electron chi connectivity index (χ2n) is 6.36. The summed E-state index contributed by atoms with van der Waals surface area (Å²) in [4.78, 5) is 12.0. The normalized spacial score (nSPS) is 12.0. The molecule has 1 unspecified atom stereocenters. The van der Waals surface area contributed by atoms with Crippen LogP contribution in [0.15, 0.2) is 54.6 Å². The SMILES string of the molecule is CC(Oc1ccccc1)C(=O)NCCCc1ccc(C(C)C)cc1. The zero-order valence-electron chi connectivity index (χ0n) is 14.8. The highest BCUT2D eigenvalue weighted by molar-refractivity contribution is 5.80. The lowest BCUT2D eigenvalue weighted by molar-refractivity contribution is -0.127. The molecule has 0 fully saturated rings. The molecule has 3 heteroatoms. The van der Waals surface area contributed by atoms with Crippen LogP contribution in [0.3, 0.4) is 0 Å². The van der Waals surface area contributed by atoms with E-state index in [0.29, 0.717) is 18.2 Å². The Morgan fingerprint density at radius 1 is 1.00 bits per heavy atom. The Labute approximate surface area is 145 Å². The van der Waals surface area contributed by atoms with Crippen LogP contribution >= 0.6 is 0 Å². The molecule has 0 heterocycles. The highest BCUT2D eigenvalue weighted by Gasteiger charge is 2.13. The minimum Gasteiger partial charge on any atom is -0.481 e. The topological polar surface area (TPSA) is 38.3 Å². The van der Waals surface area contributed by atoms with Crippen molar-refractivity contribution in [2.45, 2.75) is 45.6 Å². The summed E-state index contributed by atoms with van der Waals surface area (Å²) < 4.78 is 5.61. The summed E-state index contributed by atoms with van der Waals surface area (Å²) in [5.74, 6) is 1.20. The number of nitrogens with one attached hydrogen (secondary N) is 1. The number of aryl methyl sites for hydroxylation is 1. The molecule has 0 aromatic heterocycles. The van der Waals surface area contributed by atoms with Gasteiger partial charge in [0.1, 0.15) is 5.75 Å². The van der Waals surface area contributed by atoms with Crippen LogP contribution in [0.1, 0.15) is 44.2 Å². The number of para-hydroxylation sites is 1. The minimum atomic E-state index is -0.488. The average Bonchev–Trinajstić information content (AvgIpc) is 2.59. The molecule has 0 bridgehead atoms. The van der Waals surface area contributed by atoms with E-state index in [0.717, 1.165) is 12.8 Å². The van der Waals surface area contributed by atoms with Crippen molar-refractivity contribution in [3.05, 3.63) is 65.7 Å². The Hall–Kier alpha value is -2.29. The molecule has 0 aliphatic rings. The summed E-state index contributed by atoms with van der Waals surface area (Å²) in [6.45, 7) is 6.83. The molecule has 1 N–H and O–H groups in total. The third kappa shape index (κ3) is 5.73. The van der Waals surface area contributed by atoms with Crippen molar-refractivity contribution in [2.75, 3.05) is 6.54 Å². The van der Waals surface area contributed by atoms with E-state index in [2.05, 4.69) is 43.4 Å². The zero-order chi connectivity index (χ0) is 17.4. The van der Waals surface area contributed by atoms with Gasteiger partial charge in [0.15, 0.2) is 6.10 Å². The number of hydrogen-bond acceptors (Lipinski definition) is 2. The molecule has 0 radical (unpaired) electrons. The van der Waals surface area contributed by atoms with Crippen molar-refractivity contribution in [1.82, 2.24) is 5.32 Å². The molecule has 2 rings (SSSR count). The fourth-order valence-corrected chi connectivity index (χ4v) is 2.47. The number of rotatable bonds is 8. The molecular formula is C21H27NO2. The Morgan fingerprint density at radius 3 is 2.29 bits per heavy atom. The van der Waals surface area contributed by atoms with Crippen LogP contribution in [0.25, 0.3) is 0 Å². The standard InChI is InChI=1S/C21H27NO2/c1-16(2)19-13-11-18(12-14-19)8-7-15-22-21(23)17(3)24-20-9-5-4-6-10-20/h4-6,9-14,16-17H,7-8,15H2,1-3H3,(H,22,23). The highest BCUT2D eigenvalue weighted by atomic mass is 16.5. The van der Waals surface area contributed by atoms with Gasteiger partial charge in [0.25, 0.3) is 5.91 Å². The molecule has 1 amide bonds. The summed E-state index contributed by atoms with van der Waals surface area (Å²) in [6.07, 6.45) is 1.40. The summed E-state index contributed by atoms with van der Waals surface area (Å²) >= 11 is 0. The van der Waals surface area contributed by atoms with Crippen molar-refractivity contribution < 1.29 is 9.53 Å². The first-order chi connectivity index (χ1) is 11.6. The van der Waals surface area contributed by atoms with Gasteiger partial charge in [0, 0.05) is 6.54 Å². The number of benzene rings is 2. The van der Waals surface area contributed by atoms with E-state index >= 15 is 0 Å². The van der Waals surface area contributed by atoms with Gasteiger partial charge in [-0.2, -0.15) is 0 Å². The van der Waals surface area contributed by atoms with Crippen LogP contribution in [-0.4, -0.2) is 18.6 Å². The van der Waals surface area contributed by atoms with Gasteiger partial charge in [-0.25, -0.2) is 0 Å².